The Morgan fingerprint density at radius 2 is 1.85 bits per heavy atom. The second kappa shape index (κ2) is 4.51. The molecule has 2 unspecified atom stereocenters. The fraction of sp³-hybridized carbons (Fsp3) is 0.353. The number of dihydropyridines is 1. The maximum Gasteiger partial charge on any atom is 0.252 e. The van der Waals surface area contributed by atoms with Crippen LogP contribution in [0.3, 0.4) is 0 Å². The fourth-order valence-corrected chi connectivity index (χ4v) is 3.13. The number of hydrogen-bond acceptors (Lipinski definition) is 2. The molecule has 0 aliphatic carbocycles. The summed E-state index contributed by atoms with van der Waals surface area (Å²) in [5, 5.41) is 3.04. The molecule has 3 rings (SSSR count). The first-order valence-corrected chi connectivity index (χ1v) is 7.01. The van der Waals surface area contributed by atoms with E-state index in [1.807, 2.05) is 35.5 Å². The highest BCUT2D eigenvalue weighted by molar-refractivity contribution is 5.98. The number of carbonyl (C=O) groups excluding carboxylic acids is 1. The summed E-state index contributed by atoms with van der Waals surface area (Å²) in [6.07, 6.45) is 5.86. The molecule has 20 heavy (non-hydrogen) atoms. The molecule has 3 nitrogen and oxygen atoms in total. The molecular formula is C17H20N2O. The molecule has 2 atom stereocenters. The molecule has 0 spiro atoms. The molecule has 0 radical (unpaired) electrons. The Hall–Kier alpha value is -2.03. The van der Waals surface area contributed by atoms with Gasteiger partial charge in [-0.2, -0.15) is 0 Å². The topological polar surface area (TPSA) is 32.3 Å². The zero-order valence-electron chi connectivity index (χ0n) is 12.1. The highest BCUT2D eigenvalue weighted by Crippen LogP contribution is 2.46. The lowest BCUT2D eigenvalue weighted by molar-refractivity contribution is -0.131. The zero-order chi connectivity index (χ0) is 14.3. The monoisotopic (exact) mass is 268 g/mol. The normalized spacial score (nSPS) is 25.2. The molecule has 1 aromatic carbocycles. The molecule has 1 N–H and O–H groups in total. The maximum atomic E-state index is 12.8. The van der Waals surface area contributed by atoms with Gasteiger partial charge in [0.1, 0.15) is 0 Å². The lowest BCUT2D eigenvalue weighted by Crippen LogP contribution is -2.44. The van der Waals surface area contributed by atoms with Gasteiger partial charge in [0, 0.05) is 23.2 Å². The summed E-state index contributed by atoms with van der Waals surface area (Å²) >= 11 is 0. The predicted molar refractivity (Wildman–Crippen MR) is 79.6 cm³/mol. The minimum Gasteiger partial charge on any atom is -0.367 e. The second-order valence-electron chi connectivity index (χ2n) is 6.35. The molecule has 3 heteroatoms. The van der Waals surface area contributed by atoms with Crippen LogP contribution in [0.25, 0.3) is 0 Å². The van der Waals surface area contributed by atoms with Gasteiger partial charge in [0.15, 0.2) is 0 Å². The molecule has 1 saturated heterocycles. The van der Waals surface area contributed by atoms with Crippen LogP contribution in [-0.2, 0) is 4.79 Å². The molecule has 1 fully saturated rings. The molecule has 104 valence electrons. The Morgan fingerprint density at radius 3 is 2.50 bits per heavy atom. The lowest BCUT2D eigenvalue weighted by Gasteiger charge is -2.38. The van der Waals surface area contributed by atoms with E-state index in [0.717, 1.165) is 5.57 Å². The molecule has 1 aromatic rings. The fourth-order valence-electron chi connectivity index (χ4n) is 3.13. The lowest BCUT2D eigenvalue weighted by atomic mass is 9.89. The summed E-state index contributed by atoms with van der Waals surface area (Å²) in [6, 6.07) is 10.4. The van der Waals surface area contributed by atoms with Crippen LogP contribution in [0.1, 0.15) is 32.4 Å². The molecule has 0 aromatic heterocycles. The number of fused-ring (bicyclic) bond motifs is 1. The van der Waals surface area contributed by atoms with E-state index in [1.165, 1.54) is 5.56 Å². The smallest absolute Gasteiger partial charge is 0.252 e. The van der Waals surface area contributed by atoms with E-state index in [0.29, 0.717) is 0 Å². The van der Waals surface area contributed by atoms with Gasteiger partial charge in [-0.1, -0.05) is 36.4 Å². The van der Waals surface area contributed by atoms with E-state index in [9.17, 15) is 4.79 Å². The molecular weight excluding hydrogens is 248 g/mol. The van der Waals surface area contributed by atoms with Crippen LogP contribution in [0.4, 0.5) is 0 Å². The molecule has 0 bridgehead atoms. The van der Waals surface area contributed by atoms with Crippen LogP contribution in [-0.4, -0.2) is 16.3 Å². The van der Waals surface area contributed by atoms with Crippen molar-refractivity contribution in [3.8, 4) is 0 Å². The number of nitrogens with one attached hydrogen (secondary N) is 1. The first-order valence-electron chi connectivity index (χ1n) is 7.01. The summed E-state index contributed by atoms with van der Waals surface area (Å²) in [6.45, 7) is 6.28. The van der Waals surface area contributed by atoms with Crippen molar-refractivity contribution in [2.75, 3.05) is 0 Å². The van der Waals surface area contributed by atoms with Gasteiger partial charge < -0.3 is 10.2 Å². The van der Waals surface area contributed by atoms with Gasteiger partial charge in [-0.3, -0.25) is 4.79 Å². The van der Waals surface area contributed by atoms with Gasteiger partial charge >= 0.3 is 0 Å². The van der Waals surface area contributed by atoms with E-state index < -0.39 is 0 Å². The van der Waals surface area contributed by atoms with E-state index in [-0.39, 0.29) is 23.4 Å². The summed E-state index contributed by atoms with van der Waals surface area (Å²) < 4.78 is 0. The van der Waals surface area contributed by atoms with Crippen LogP contribution in [0.15, 0.2) is 54.4 Å². The highest BCUT2D eigenvalue weighted by Gasteiger charge is 2.48. The summed E-state index contributed by atoms with van der Waals surface area (Å²) in [5.41, 5.74) is 1.84. The van der Waals surface area contributed by atoms with Crippen molar-refractivity contribution in [1.82, 2.24) is 10.2 Å². The van der Waals surface area contributed by atoms with E-state index >= 15 is 0 Å². The van der Waals surface area contributed by atoms with Gasteiger partial charge in [-0.25, -0.2) is 0 Å². The Kier molecular flexibility index (Phi) is 2.93. The van der Waals surface area contributed by atoms with Crippen molar-refractivity contribution in [3.05, 3.63) is 59.9 Å². The first-order chi connectivity index (χ1) is 9.50. The standard InChI is InChI=1S/C17H20N2O/c1-17(2,3)19-15(12-7-5-4-6-8-12)13-9-10-18-11-14(13)16(19)20/h4-11,13,15,18H,1-3H3. The van der Waals surface area contributed by atoms with Crippen LogP contribution in [0, 0.1) is 5.92 Å². The van der Waals surface area contributed by atoms with E-state index in [4.69, 9.17) is 0 Å². The second-order valence-corrected chi connectivity index (χ2v) is 6.35. The number of rotatable bonds is 1. The Labute approximate surface area is 120 Å². The van der Waals surface area contributed by atoms with Crippen LogP contribution in [0.5, 0.6) is 0 Å². The van der Waals surface area contributed by atoms with Gasteiger partial charge in [-0.05, 0) is 32.5 Å². The Balaban J connectivity index is 2.12. The number of hydrogen-bond donors (Lipinski definition) is 1. The molecule has 2 aliphatic heterocycles. The average molecular weight is 268 g/mol. The van der Waals surface area contributed by atoms with E-state index in [1.54, 1.807) is 0 Å². The van der Waals surface area contributed by atoms with Gasteiger partial charge in [-0.15, -0.1) is 0 Å². The van der Waals surface area contributed by atoms with Crippen molar-refractivity contribution in [2.45, 2.75) is 32.4 Å². The van der Waals surface area contributed by atoms with Gasteiger partial charge in [0.2, 0.25) is 0 Å². The third kappa shape index (κ3) is 1.94. The third-order valence-corrected chi connectivity index (χ3v) is 3.95. The molecule has 2 heterocycles. The predicted octanol–water partition coefficient (Wildman–Crippen LogP) is 2.99. The summed E-state index contributed by atoms with van der Waals surface area (Å²) in [4.78, 5) is 14.8. The number of likely N-dealkylation sites (tertiary alicyclic amines) is 1. The van der Waals surface area contributed by atoms with Crippen molar-refractivity contribution < 1.29 is 4.79 Å². The largest absolute Gasteiger partial charge is 0.367 e. The minimum absolute atomic E-state index is 0.0771. The quantitative estimate of drug-likeness (QED) is 0.849. The number of carbonyl (C=O) groups is 1. The molecule has 0 saturated carbocycles. The van der Waals surface area contributed by atoms with Crippen molar-refractivity contribution in [2.24, 2.45) is 5.92 Å². The SMILES string of the molecule is CC(C)(C)N1C(=O)C2=CNC=CC2C1c1ccccc1. The number of amides is 1. The number of benzene rings is 1. The summed E-state index contributed by atoms with van der Waals surface area (Å²) in [5.74, 6) is 0.263. The van der Waals surface area contributed by atoms with Gasteiger partial charge in [0.05, 0.1) is 6.04 Å². The number of nitrogens with zero attached hydrogens (tertiary/aromatic N) is 1. The van der Waals surface area contributed by atoms with Gasteiger partial charge in [0.25, 0.3) is 5.91 Å². The van der Waals surface area contributed by atoms with Crippen LogP contribution >= 0.6 is 0 Å². The van der Waals surface area contributed by atoms with Crippen molar-refractivity contribution in [1.29, 1.82) is 0 Å². The van der Waals surface area contributed by atoms with E-state index in [2.05, 4.69) is 44.3 Å². The zero-order valence-corrected chi connectivity index (χ0v) is 12.1. The Bertz CT molecular complexity index is 581. The third-order valence-electron chi connectivity index (χ3n) is 3.95. The first kappa shape index (κ1) is 13.0. The van der Waals surface area contributed by atoms with Crippen LogP contribution < -0.4 is 5.32 Å². The maximum absolute atomic E-state index is 12.8. The summed E-state index contributed by atoms with van der Waals surface area (Å²) in [7, 11) is 0. The minimum atomic E-state index is -0.205. The van der Waals surface area contributed by atoms with Crippen molar-refractivity contribution >= 4 is 5.91 Å². The average Bonchev–Trinajstić information content (AvgIpc) is 2.74. The highest BCUT2D eigenvalue weighted by atomic mass is 16.2. The van der Waals surface area contributed by atoms with Crippen LogP contribution in [0.2, 0.25) is 0 Å². The van der Waals surface area contributed by atoms with Crippen molar-refractivity contribution in [3.63, 3.8) is 0 Å². The molecule has 1 amide bonds. The Morgan fingerprint density at radius 1 is 1.15 bits per heavy atom. The molecule has 2 aliphatic rings.